The number of fused-ring (bicyclic) bond motifs is 1. The number of ether oxygens (including phenoxy) is 2. The molecular formula is C22H21N5O3S. The van der Waals surface area contributed by atoms with Crippen molar-refractivity contribution >= 4 is 29.0 Å². The number of aryl methyl sites for hydroxylation is 1. The smallest absolute Gasteiger partial charge is 0.234 e. The molecule has 1 amide bonds. The molecule has 0 aliphatic carbocycles. The Hall–Kier alpha value is -3.59. The first kappa shape index (κ1) is 20.7. The lowest BCUT2D eigenvalue weighted by Crippen LogP contribution is -2.15. The van der Waals surface area contributed by atoms with Crippen molar-refractivity contribution in [3.63, 3.8) is 0 Å². The molecule has 0 saturated heterocycles. The topological polar surface area (TPSA) is 90.6 Å². The van der Waals surface area contributed by atoms with Crippen molar-refractivity contribution < 1.29 is 14.3 Å². The van der Waals surface area contributed by atoms with E-state index in [-0.39, 0.29) is 11.7 Å². The molecule has 2 aromatic carbocycles. The molecule has 0 spiro atoms. The van der Waals surface area contributed by atoms with Crippen LogP contribution in [0.25, 0.3) is 16.9 Å². The Bertz CT molecular complexity index is 1240. The van der Waals surface area contributed by atoms with Crippen molar-refractivity contribution in [2.24, 2.45) is 0 Å². The SMILES string of the molecule is COc1cccc(-c2ccc3nnc(SCC(=O)Nc4cc(C)ccc4OC)n3n2)c1. The molecule has 0 unspecified atom stereocenters. The molecule has 4 aromatic rings. The first-order chi connectivity index (χ1) is 15.1. The van der Waals surface area contributed by atoms with Crippen LogP contribution in [0.2, 0.25) is 0 Å². The van der Waals surface area contributed by atoms with E-state index in [1.54, 1.807) is 18.7 Å². The zero-order valence-electron chi connectivity index (χ0n) is 17.3. The van der Waals surface area contributed by atoms with Crippen molar-refractivity contribution in [3.05, 3.63) is 60.2 Å². The lowest BCUT2D eigenvalue weighted by Gasteiger charge is -2.10. The zero-order chi connectivity index (χ0) is 21.8. The fraction of sp³-hybridized carbons (Fsp3) is 0.182. The first-order valence-corrected chi connectivity index (χ1v) is 10.5. The predicted octanol–water partition coefficient (Wildman–Crippen LogP) is 3.85. The van der Waals surface area contributed by atoms with E-state index in [4.69, 9.17) is 9.47 Å². The van der Waals surface area contributed by atoms with E-state index in [1.807, 2.05) is 61.5 Å². The standard InChI is InChI=1S/C22H21N5O3S/c1-14-7-9-19(30-3)18(11-14)23-21(28)13-31-22-25-24-20-10-8-17(26-27(20)22)15-5-4-6-16(12-15)29-2/h4-12H,13H2,1-3H3,(H,23,28). The van der Waals surface area contributed by atoms with Crippen LogP contribution in [0.3, 0.4) is 0 Å². The highest BCUT2D eigenvalue weighted by atomic mass is 32.2. The minimum absolute atomic E-state index is 0.156. The normalized spacial score (nSPS) is 10.8. The highest BCUT2D eigenvalue weighted by Crippen LogP contribution is 2.26. The number of amides is 1. The minimum atomic E-state index is -0.172. The van der Waals surface area contributed by atoms with E-state index >= 15 is 0 Å². The maximum Gasteiger partial charge on any atom is 0.234 e. The number of hydrogen-bond donors (Lipinski definition) is 1. The summed E-state index contributed by atoms with van der Waals surface area (Å²) in [6, 6.07) is 17.0. The monoisotopic (exact) mass is 435 g/mol. The maximum absolute atomic E-state index is 12.5. The van der Waals surface area contributed by atoms with Crippen LogP contribution in [0.15, 0.2) is 59.8 Å². The number of carbonyl (C=O) groups is 1. The van der Waals surface area contributed by atoms with Crippen molar-refractivity contribution in [2.75, 3.05) is 25.3 Å². The van der Waals surface area contributed by atoms with Crippen molar-refractivity contribution in [2.45, 2.75) is 12.1 Å². The lowest BCUT2D eigenvalue weighted by molar-refractivity contribution is -0.113. The molecule has 0 bridgehead atoms. The van der Waals surface area contributed by atoms with Crippen LogP contribution in [0, 0.1) is 6.92 Å². The van der Waals surface area contributed by atoms with Gasteiger partial charge < -0.3 is 14.8 Å². The second-order valence-corrected chi connectivity index (χ2v) is 7.69. The van der Waals surface area contributed by atoms with Crippen LogP contribution < -0.4 is 14.8 Å². The van der Waals surface area contributed by atoms with E-state index < -0.39 is 0 Å². The number of aromatic nitrogens is 4. The number of anilines is 1. The van der Waals surface area contributed by atoms with E-state index in [0.29, 0.717) is 22.2 Å². The zero-order valence-corrected chi connectivity index (χ0v) is 18.1. The van der Waals surface area contributed by atoms with Crippen LogP contribution in [0.4, 0.5) is 5.69 Å². The molecule has 2 aromatic heterocycles. The quantitative estimate of drug-likeness (QED) is 0.441. The Morgan fingerprint density at radius 2 is 1.94 bits per heavy atom. The largest absolute Gasteiger partial charge is 0.497 e. The van der Waals surface area contributed by atoms with Crippen LogP contribution in [0.1, 0.15) is 5.56 Å². The summed E-state index contributed by atoms with van der Waals surface area (Å²) in [5, 5.41) is 16.4. The van der Waals surface area contributed by atoms with Gasteiger partial charge >= 0.3 is 0 Å². The number of methoxy groups -OCH3 is 2. The van der Waals surface area contributed by atoms with E-state index in [9.17, 15) is 4.79 Å². The molecule has 2 heterocycles. The Balaban J connectivity index is 1.51. The number of benzene rings is 2. The van der Waals surface area contributed by atoms with E-state index in [2.05, 4.69) is 20.6 Å². The Labute approximate surface area is 183 Å². The van der Waals surface area contributed by atoms with Crippen molar-refractivity contribution in [3.8, 4) is 22.8 Å². The average molecular weight is 436 g/mol. The second kappa shape index (κ2) is 9.05. The number of rotatable bonds is 7. The highest BCUT2D eigenvalue weighted by Gasteiger charge is 2.13. The summed E-state index contributed by atoms with van der Waals surface area (Å²) in [4.78, 5) is 12.5. The molecule has 158 valence electrons. The third kappa shape index (κ3) is 4.61. The molecule has 0 radical (unpaired) electrons. The van der Waals surface area contributed by atoms with Crippen LogP contribution in [-0.4, -0.2) is 45.7 Å². The van der Waals surface area contributed by atoms with Gasteiger partial charge in [0.2, 0.25) is 11.1 Å². The highest BCUT2D eigenvalue weighted by molar-refractivity contribution is 7.99. The van der Waals surface area contributed by atoms with Gasteiger partial charge in [-0.2, -0.15) is 9.61 Å². The van der Waals surface area contributed by atoms with Gasteiger partial charge in [-0.15, -0.1) is 10.2 Å². The van der Waals surface area contributed by atoms with E-state index in [1.165, 1.54) is 11.8 Å². The fourth-order valence-corrected chi connectivity index (χ4v) is 3.72. The van der Waals surface area contributed by atoms with Gasteiger partial charge in [-0.1, -0.05) is 30.0 Å². The van der Waals surface area contributed by atoms with Crippen molar-refractivity contribution in [1.29, 1.82) is 0 Å². The third-order valence-electron chi connectivity index (χ3n) is 4.56. The van der Waals surface area contributed by atoms with Crippen LogP contribution >= 0.6 is 11.8 Å². The molecule has 0 aliphatic rings. The average Bonchev–Trinajstić information content (AvgIpc) is 3.20. The Kier molecular flexibility index (Phi) is 6.03. The second-order valence-electron chi connectivity index (χ2n) is 6.74. The predicted molar refractivity (Wildman–Crippen MR) is 120 cm³/mol. The summed E-state index contributed by atoms with van der Waals surface area (Å²) in [5.41, 5.74) is 3.94. The molecule has 31 heavy (non-hydrogen) atoms. The fourth-order valence-electron chi connectivity index (χ4n) is 3.03. The van der Waals surface area contributed by atoms with Gasteiger partial charge in [0, 0.05) is 5.56 Å². The molecule has 0 aliphatic heterocycles. The summed E-state index contributed by atoms with van der Waals surface area (Å²) >= 11 is 1.26. The van der Waals surface area contributed by atoms with Gasteiger partial charge in [0.15, 0.2) is 5.65 Å². The Morgan fingerprint density at radius 1 is 1.06 bits per heavy atom. The maximum atomic E-state index is 12.5. The summed E-state index contributed by atoms with van der Waals surface area (Å²) < 4.78 is 12.2. The van der Waals surface area contributed by atoms with E-state index in [0.717, 1.165) is 22.6 Å². The van der Waals surface area contributed by atoms with Crippen LogP contribution in [0.5, 0.6) is 11.5 Å². The summed E-state index contributed by atoms with van der Waals surface area (Å²) in [6.07, 6.45) is 0. The molecular weight excluding hydrogens is 414 g/mol. The Morgan fingerprint density at radius 3 is 2.74 bits per heavy atom. The molecule has 0 atom stereocenters. The molecule has 0 fully saturated rings. The number of nitrogens with zero attached hydrogens (tertiary/aromatic N) is 4. The first-order valence-electron chi connectivity index (χ1n) is 9.51. The van der Waals surface area contributed by atoms with Gasteiger partial charge in [0.25, 0.3) is 0 Å². The van der Waals surface area contributed by atoms with Gasteiger partial charge in [0.1, 0.15) is 11.5 Å². The molecule has 1 N–H and O–H groups in total. The molecule has 0 saturated carbocycles. The summed E-state index contributed by atoms with van der Waals surface area (Å²) in [6.45, 7) is 1.96. The van der Waals surface area contributed by atoms with Gasteiger partial charge in [-0.3, -0.25) is 4.79 Å². The summed E-state index contributed by atoms with van der Waals surface area (Å²) in [5.74, 6) is 1.35. The van der Waals surface area contributed by atoms with Gasteiger partial charge in [-0.05, 0) is 48.9 Å². The molecule has 8 nitrogen and oxygen atoms in total. The van der Waals surface area contributed by atoms with Crippen LogP contribution in [-0.2, 0) is 4.79 Å². The third-order valence-corrected chi connectivity index (χ3v) is 5.48. The molecule has 9 heteroatoms. The van der Waals surface area contributed by atoms with Gasteiger partial charge in [-0.25, -0.2) is 0 Å². The summed E-state index contributed by atoms with van der Waals surface area (Å²) in [7, 11) is 3.20. The lowest BCUT2D eigenvalue weighted by atomic mass is 10.1. The minimum Gasteiger partial charge on any atom is -0.497 e. The number of nitrogens with one attached hydrogen (secondary N) is 1. The number of thioether (sulfide) groups is 1. The number of hydrogen-bond acceptors (Lipinski definition) is 7. The van der Waals surface area contributed by atoms with Crippen molar-refractivity contribution in [1.82, 2.24) is 19.8 Å². The van der Waals surface area contributed by atoms with Gasteiger partial charge in [0.05, 0.1) is 31.4 Å². The molecule has 4 rings (SSSR count). The number of carbonyl (C=O) groups excluding carboxylic acids is 1.